The highest BCUT2D eigenvalue weighted by molar-refractivity contribution is 9.10. The van der Waals surface area contributed by atoms with Gasteiger partial charge >= 0.3 is 0 Å². The minimum Gasteiger partial charge on any atom is -0.495 e. The predicted octanol–water partition coefficient (Wildman–Crippen LogP) is 2.97. The summed E-state index contributed by atoms with van der Waals surface area (Å²) >= 11 is 3.49. The molecule has 1 unspecified atom stereocenters. The van der Waals surface area contributed by atoms with Crippen LogP contribution in [0.25, 0.3) is 0 Å². The van der Waals surface area contributed by atoms with Gasteiger partial charge in [0.25, 0.3) is 0 Å². The van der Waals surface area contributed by atoms with Crippen LogP contribution < -0.4 is 0 Å². The number of aryl methyl sites for hydroxylation is 1. The van der Waals surface area contributed by atoms with Gasteiger partial charge in [-0.25, -0.2) is 0 Å². The van der Waals surface area contributed by atoms with Gasteiger partial charge in [0.2, 0.25) is 0 Å². The van der Waals surface area contributed by atoms with E-state index in [1.807, 2.05) is 12.1 Å². The van der Waals surface area contributed by atoms with Gasteiger partial charge in [-0.3, -0.25) is 0 Å². The zero-order chi connectivity index (χ0) is 11.9. The minimum atomic E-state index is -0.780. The zero-order valence-corrected chi connectivity index (χ0v) is 11.2. The Hall–Kier alpha value is -0.800. The first-order chi connectivity index (χ1) is 8.17. The minimum absolute atomic E-state index is 0.668. The molecule has 0 saturated carbocycles. The summed E-state index contributed by atoms with van der Waals surface area (Å²) in [6, 6.07) is 6.28. The summed E-state index contributed by atoms with van der Waals surface area (Å²) in [5.74, 6) is 0.783. The Kier molecular flexibility index (Phi) is 2.75. The van der Waals surface area contributed by atoms with E-state index in [-0.39, 0.29) is 0 Å². The number of fused-ring (bicyclic) bond motifs is 1. The maximum Gasteiger partial charge on any atom is 0.125 e. The molecule has 0 bridgehead atoms. The molecule has 1 heterocycles. The molecule has 1 aromatic rings. The molecule has 1 atom stereocenters. The lowest BCUT2D eigenvalue weighted by atomic mass is 9.79. The van der Waals surface area contributed by atoms with Gasteiger partial charge in [0.05, 0.1) is 6.61 Å². The fourth-order valence-electron chi connectivity index (χ4n) is 2.70. The number of benzene rings is 1. The maximum absolute atomic E-state index is 10.7. The highest BCUT2D eigenvalue weighted by Crippen LogP contribution is 2.37. The van der Waals surface area contributed by atoms with Crippen LogP contribution in [0.5, 0.6) is 0 Å². The van der Waals surface area contributed by atoms with E-state index in [1.54, 1.807) is 0 Å². The first-order valence-corrected chi connectivity index (χ1v) is 6.80. The molecule has 1 aliphatic carbocycles. The molecule has 90 valence electrons. The number of aliphatic hydroxyl groups is 1. The normalized spacial score (nSPS) is 27.3. The van der Waals surface area contributed by atoms with Crippen molar-refractivity contribution in [3.63, 3.8) is 0 Å². The highest BCUT2D eigenvalue weighted by Gasteiger charge is 2.38. The number of hydrogen-bond acceptors (Lipinski definition) is 2. The third kappa shape index (κ3) is 2.02. The summed E-state index contributed by atoms with van der Waals surface area (Å²) in [6.07, 6.45) is 5.28. The van der Waals surface area contributed by atoms with E-state index < -0.39 is 5.60 Å². The molecule has 0 spiro atoms. The van der Waals surface area contributed by atoms with Gasteiger partial charge in [0.15, 0.2) is 0 Å². The van der Waals surface area contributed by atoms with Crippen LogP contribution in [0.2, 0.25) is 0 Å². The third-order valence-electron chi connectivity index (χ3n) is 3.62. The summed E-state index contributed by atoms with van der Waals surface area (Å²) in [4.78, 5) is 0. The fraction of sp³-hybridized carbons (Fsp3) is 0.429. The monoisotopic (exact) mass is 294 g/mol. The van der Waals surface area contributed by atoms with Crippen molar-refractivity contribution in [2.45, 2.75) is 31.3 Å². The van der Waals surface area contributed by atoms with Crippen molar-refractivity contribution in [3.05, 3.63) is 45.6 Å². The van der Waals surface area contributed by atoms with E-state index in [4.69, 9.17) is 4.74 Å². The molecule has 2 nitrogen and oxygen atoms in total. The average Bonchev–Trinajstić information content (AvgIpc) is 2.84. The third-order valence-corrected chi connectivity index (χ3v) is 4.12. The Morgan fingerprint density at radius 3 is 2.94 bits per heavy atom. The Morgan fingerprint density at radius 2 is 2.18 bits per heavy atom. The second kappa shape index (κ2) is 4.14. The summed E-state index contributed by atoms with van der Waals surface area (Å²) in [6.45, 7) is 0.713. The summed E-state index contributed by atoms with van der Waals surface area (Å²) < 4.78 is 6.65. The van der Waals surface area contributed by atoms with Crippen LogP contribution in [0.3, 0.4) is 0 Å². The second-order valence-electron chi connectivity index (χ2n) is 4.83. The summed E-state index contributed by atoms with van der Waals surface area (Å²) in [7, 11) is 0. The van der Waals surface area contributed by atoms with Crippen molar-refractivity contribution in [1.29, 1.82) is 0 Å². The van der Waals surface area contributed by atoms with Gasteiger partial charge in [-0.1, -0.05) is 22.0 Å². The van der Waals surface area contributed by atoms with Crippen molar-refractivity contribution in [1.82, 2.24) is 0 Å². The van der Waals surface area contributed by atoms with E-state index in [0.717, 1.165) is 29.5 Å². The van der Waals surface area contributed by atoms with Crippen LogP contribution >= 0.6 is 15.9 Å². The van der Waals surface area contributed by atoms with Gasteiger partial charge in [0.1, 0.15) is 11.4 Å². The van der Waals surface area contributed by atoms with Gasteiger partial charge in [-0.05, 0) is 42.2 Å². The van der Waals surface area contributed by atoms with Crippen molar-refractivity contribution >= 4 is 15.9 Å². The van der Waals surface area contributed by atoms with Crippen molar-refractivity contribution in [2.24, 2.45) is 0 Å². The number of rotatable bonds is 1. The van der Waals surface area contributed by atoms with E-state index in [1.165, 1.54) is 11.1 Å². The molecular weight excluding hydrogens is 280 g/mol. The van der Waals surface area contributed by atoms with E-state index >= 15 is 0 Å². The molecule has 17 heavy (non-hydrogen) atoms. The van der Waals surface area contributed by atoms with Gasteiger partial charge < -0.3 is 9.84 Å². The van der Waals surface area contributed by atoms with E-state index in [2.05, 4.69) is 28.1 Å². The first kappa shape index (κ1) is 11.3. The standard InChI is InChI=1S/C14H15BrO2/c15-12-4-3-11-9-14(16,6-5-10(11)8-12)13-2-1-7-17-13/h2-4,8,16H,1,5-7,9H2. The zero-order valence-electron chi connectivity index (χ0n) is 9.58. The molecule has 3 rings (SSSR count). The van der Waals surface area contributed by atoms with Crippen molar-refractivity contribution in [2.75, 3.05) is 6.61 Å². The molecule has 2 aliphatic rings. The van der Waals surface area contributed by atoms with Crippen LogP contribution in [0, 0.1) is 0 Å². The molecule has 0 saturated heterocycles. The predicted molar refractivity (Wildman–Crippen MR) is 69.8 cm³/mol. The SMILES string of the molecule is OC1(C2=CCCO2)CCc2cc(Br)ccc2C1. The van der Waals surface area contributed by atoms with Crippen molar-refractivity contribution in [3.8, 4) is 0 Å². The Labute approximate surface area is 109 Å². The van der Waals surface area contributed by atoms with Gasteiger partial charge in [0, 0.05) is 17.3 Å². The quantitative estimate of drug-likeness (QED) is 0.863. The number of halogens is 1. The lowest BCUT2D eigenvalue weighted by Gasteiger charge is -2.34. The van der Waals surface area contributed by atoms with Crippen LogP contribution in [0.1, 0.15) is 24.0 Å². The topological polar surface area (TPSA) is 29.5 Å². The second-order valence-corrected chi connectivity index (χ2v) is 5.74. The maximum atomic E-state index is 10.7. The molecule has 0 fully saturated rings. The van der Waals surface area contributed by atoms with Gasteiger partial charge in [-0.2, -0.15) is 0 Å². The van der Waals surface area contributed by atoms with Gasteiger partial charge in [-0.15, -0.1) is 0 Å². The summed E-state index contributed by atoms with van der Waals surface area (Å²) in [5.41, 5.74) is 1.79. The van der Waals surface area contributed by atoms with Crippen LogP contribution in [0.15, 0.2) is 34.5 Å². The number of ether oxygens (including phenoxy) is 1. The Morgan fingerprint density at radius 1 is 1.29 bits per heavy atom. The largest absolute Gasteiger partial charge is 0.495 e. The van der Waals surface area contributed by atoms with E-state index in [0.29, 0.717) is 13.0 Å². The molecule has 0 amide bonds. The molecule has 1 aliphatic heterocycles. The van der Waals surface area contributed by atoms with Crippen LogP contribution in [0.4, 0.5) is 0 Å². The lowest BCUT2D eigenvalue weighted by molar-refractivity contribution is 0.00822. The fourth-order valence-corrected chi connectivity index (χ4v) is 3.11. The highest BCUT2D eigenvalue weighted by atomic mass is 79.9. The molecular formula is C14H15BrO2. The summed E-state index contributed by atoms with van der Waals surface area (Å²) in [5, 5.41) is 10.7. The smallest absolute Gasteiger partial charge is 0.125 e. The molecule has 3 heteroatoms. The molecule has 1 aromatic carbocycles. The molecule has 0 radical (unpaired) electrons. The molecule has 0 aromatic heterocycles. The Balaban J connectivity index is 1.91. The van der Waals surface area contributed by atoms with Crippen LogP contribution in [-0.4, -0.2) is 17.3 Å². The van der Waals surface area contributed by atoms with E-state index in [9.17, 15) is 5.11 Å². The molecule has 1 N–H and O–H groups in total. The number of hydrogen-bond donors (Lipinski definition) is 1. The first-order valence-electron chi connectivity index (χ1n) is 6.00. The van der Waals surface area contributed by atoms with Crippen molar-refractivity contribution < 1.29 is 9.84 Å². The van der Waals surface area contributed by atoms with Crippen LogP contribution in [-0.2, 0) is 17.6 Å². The lowest BCUT2D eigenvalue weighted by Crippen LogP contribution is -2.38. The Bertz CT molecular complexity index is 481. The average molecular weight is 295 g/mol.